The molecule has 0 aliphatic rings. The van der Waals surface area contributed by atoms with E-state index in [2.05, 4.69) is 0 Å². The van der Waals surface area contributed by atoms with Gasteiger partial charge in [0.25, 0.3) is 6.43 Å². The average molecular weight is 254 g/mol. The van der Waals surface area contributed by atoms with Crippen molar-refractivity contribution in [1.82, 2.24) is 0 Å². The van der Waals surface area contributed by atoms with Crippen LogP contribution in [0.1, 0.15) is 0 Å². The van der Waals surface area contributed by atoms with E-state index in [9.17, 15) is 18.0 Å². The Morgan fingerprint density at radius 3 is 2.12 bits per heavy atom. The molecule has 16 heavy (non-hydrogen) atoms. The third kappa shape index (κ3) is 2.79. The summed E-state index contributed by atoms with van der Waals surface area (Å²) in [6, 6.07) is 4.85. The van der Waals surface area contributed by atoms with Crippen molar-refractivity contribution in [2.45, 2.75) is 12.7 Å². The van der Waals surface area contributed by atoms with E-state index in [0.717, 1.165) is 12.1 Å². The standard InChI is InChI=1S/C9H7ClF3NO2/c10-5-1-3-6(4-2-5)14(9(15)16)8(13)7(11)12/h1-4,7-8H,(H,15,16). The van der Waals surface area contributed by atoms with Crippen LogP contribution in [0.25, 0.3) is 0 Å². The van der Waals surface area contributed by atoms with Crippen LogP contribution in [-0.2, 0) is 0 Å². The Morgan fingerprint density at radius 1 is 1.25 bits per heavy atom. The van der Waals surface area contributed by atoms with E-state index in [1.807, 2.05) is 0 Å². The number of hydrogen-bond acceptors (Lipinski definition) is 1. The van der Waals surface area contributed by atoms with Gasteiger partial charge in [0, 0.05) is 5.02 Å². The number of benzene rings is 1. The summed E-state index contributed by atoms with van der Waals surface area (Å²) in [5.41, 5.74) is -0.204. The van der Waals surface area contributed by atoms with Gasteiger partial charge >= 0.3 is 6.09 Å². The van der Waals surface area contributed by atoms with E-state index < -0.39 is 18.8 Å². The van der Waals surface area contributed by atoms with Gasteiger partial charge in [0.15, 0.2) is 0 Å². The van der Waals surface area contributed by atoms with E-state index in [4.69, 9.17) is 16.7 Å². The summed E-state index contributed by atoms with van der Waals surface area (Å²) in [7, 11) is 0. The Labute approximate surface area is 94.0 Å². The van der Waals surface area contributed by atoms with Crippen molar-refractivity contribution in [3.05, 3.63) is 29.3 Å². The molecule has 0 aromatic heterocycles. The lowest BCUT2D eigenvalue weighted by Crippen LogP contribution is -2.41. The van der Waals surface area contributed by atoms with Gasteiger partial charge in [-0.25, -0.2) is 22.9 Å². The smallest absolute Gasteiger partial charge is 0.414 e. The van der Waals surface area contributed by atoms with Crippen LogP contribution in [0.5, 0.6) is 0 Å². The molecule has 1 atom stereocenters. The number of amides is 1. The van der Waals surface area contributed by atoms with Crippen molar-refractivity contribution < 1.29 is 23.1 Å². The van der Waals surface area contributed by atoms with E-state index in [1.54, 1.807) is 0 Å². The molecule has 88 valence electrons. The molecule has 1 unspecified atom stereocenters. The lowest BCUT2D eigenvalue weighted by atomic mass is 10.3. The van der Waals surface area contributed by atoms with Gasteiger partial charge in [0.1, 0.15) is 0 Å². The maximum atomic E-state index is 13.0. The van der Waals surface area contributed by atoms with Crippen LogP contribution in [0.4, 0.5) is 23.7 Å². The Balaban J connectivity index is 3.03. The second-order valence-electron chi connectivity index (χ2n) is 2.84. The third-order valence-corrected chi connectivity index (χ3v) is 2.02. The van der Waals surface area contributed by atoms with Gasteiger partial charge in [0.05, 0.1) is 5.69 Å². The highest BCUT2D eigenvalue weighted by Gasteiger charge is 2.32. The maximum Gasteiger partial charge on any atom is 0.414 e. The Morgan fingerprint density at radius 2 is 1.75 bits per heavy atom. The first-order valence-corrected chi connectivity index (χ1v) is 4.51. The molecule has 0 heterocycles. The zero-order chi connectivity index (χ0) is 12.3. The molecule has 0 aliphatic heterocycles. The van der Waals surface area contributed by atoms with Gasteiger partial charge < -0.3 is 5.11 Å². The van der Waals surface area contributed by atoms with E-state index in [1.165, 1.54) is 12.1 Å². The molecular weight excluding hydrogens is 247 g/mol. The SMILES string of the molecule is O=C(O)N(c1ccc(Cl)cc1)C(F)C(F)F. The molecule has 0 aliphatic carbocycles. The van der Waals surface area contributed by atoms with Crippen molar-refractivity contribution in [2.75, 3.05) is 4.90 Å². The van der Waals surface area contributed by atoms with Gasteiger partial charge in [-0.3, -0.25) is 0 Å². The fourth-order valence-electron chi connectivity index (χ4n) is 1.07. The summed E-state index contributed by atoms with van der Waals surface area (Å²) >= 11 is 5.53. The van der Waals surface area contributed by atoms with Crippen molar-refractivity contribution in [3.8, 4) is 0 Å². The van der Waals surface area contributed by atoms with Crippen LogP contribution in [0.2, 0.25) is 5.02 Å². The predicted molar refractivity (Wildman–Crippen MR) is 52.9 cm³/mol. The monoisotopic (exact) mass is 253 g/mol. The molecule has 3 nitrogen and oxygen atoms in total. The van der Waals surface area contributed by atoms with Gasteiger partial charge in [-0.1, -0.05) is 11.6 Å². The molecule has 0 spiro atoms. The van der Waals surface area contributed by atoms with Crippen LogP contribution in [0.3, 0.4) is 0 Å². The van der Waals surface area contributed by atoms with Crippen LogP contribution in [0.15, 0.2) is 24.3 Å². The van der Waals surface area contributed by atoms with Crippen LogP contribution in [-0.4, -0.2) is 23.9 Å². The number of halogens is 4. The minimum atomic E-state index is -3.41. The zero-order valence-corrected chi connectivity index (χ0v) is 8.53. The maximum absolute atomic E-state index is 13.0. The highest BCUT2D eigenvalue weighted by molar-refractivity contribution is 6.30. The Hall–Kier alpha value is -1.43. The van der Waals surface area contributed by atoms with E-state index >= 15 is 0 Å². The highest BCUT2D eigenvalue weighted by Crippen LogP contribution is 2.23. The fraction of sp³-hybridized carbons (Fsp3) is 0.222. The number of rotatable bonds is 3. The Bertz CT molecular complexity index is 372. The molecule has 1 aromatic carbocycles. The number of carboxylic acid groups (broad SMARTS) is 1. The zero-order valence-electron chi connectivity index (χ0n) is 7.78. The summed E-state index contributed by atoms with van der Waals surface area (Å²) < 4.78 is 37.2. The number of anilines is 1. The van der Waals surface area contributed by atoms with Crippen LogP contribution < -0.4 is 4.90 Å². The summed E-state index contributed by atoms with van der Waals surface area (Å²) in [6.07, 6.45) is -8.11. The van der Waals surface area contributed by atoms with Crippen molar-refractivity contribution >= 4 is 23.4 Å². The molecule has 1 N–H and O–H groups in total. The molecule has 1 aromatic rings. The molecule has 0 saturated carbocycles. The Kier molecular flexibility index (Phi) is 4.00. The number of hydrogen-bond donors (Lipinski definition) is 1. The van der Waals surface area contributed by atoms with E-state index in [0.29, 0.717) is 5.02 Å². The third-order valence-electron chi connectivity index (χ3n) is 1.77. The normalized spacial score (nSPS) is 12.6. The second-order valence-corrected chi connectivity index (χ2v) is 3.27. The fourth-order valence-corrected chi connectivity index (χ4v) is 1.20. The number of nitrogens with zero attached hydrogens (tertiary/aromatic N) is 1. The van der Waals surface area contributed by atoms with Crippen LogP contribution in [0, 0.1) is 0 Å². The summed E-state index contributed by atoms with van der Waals surface area (Å²) in [6.45, 7) is 0. The number of carbonyl (C=O) groups is 1. The first kappa shape index (κ1) is 12.6. The molecule has 7 heteroatoms. The minimum Gasteiger partial charge on any atom is -0.465 e. The first-order chi connectivity index (χ1) is 7.43. The van der Waals surface area contributed by atoms with Gasteiger partial charge in [-0.15, -0.1) is 0 Å². The second kappa shape index (κ2) is 5.07. The summed E-state index contributed by atoms with van der Waals surface area (Å²) in [4.78, 5) is 10.6. The topological polar surface area (TPSA) is 40.5 Å². The van der Waals surface area contributed by atoms with Crippen molar-refractivity contribution in [2.24, 2.45) is 0 Å². The largest absolute Gasteiger partial charge is 0.465 e. The van der Waals surface area contributed by atoms with E-state index in [-0.39, 0.29) is 10.6 Å². The molecule has 0 bridgehead atoms. The van der Waals surface area contributed by atoms with Gasteiger partial charge in [-0.05, 0) is 24.3 Å². The van der Waals surface area contributed by atoms with Gasteiger partial charge in [0.2, 0.25) is 6.30 Å². The molecule has 1 rings (SSSR count). The summed E-state index contributed by atoms with van der Waals surface area (Å²) in [5.74, 6) is 0. The quantitative estimate of drug-likeness (QED) is 0.839. The minimum absolute atomic E-state index is 0.0546. The number of alkyl halides is 3. The molecule has 0 saturated heterocycles. The van der Waals surface area contributed by atoms with Crippen molar-refractivity contribution in [3.63, 3.8) is 0 Å². The average Bonchev–Trinajstić information content (AvgIpc) is 2.20. The molecular formula is C9H7ClF3NO2. The highest BCUT2D eigenvalue weighted by atomic mass is 35.5. The van der Waals surface area contributed by atoms with Crippen LogP contribution >= 0.6 is 11.6 Å². The van der Waals surface area contributed by atoms with Gasteiger partial charge in [-0.2, -0.15) is 0 Å². The lowest BCUT2D eigenvalue weighted by Gasteiger charge is -2.22. The lowest BCUT2D eigenvalue weighted by molar-refractivity contribution is 0.0477. The summed E-state index contributed by atoms with van der Waals surface area (Å²) in [5, 5.41) is 8.93. The molecule has 0 fully saturated rings. The van der Waals surface area contributed by atoms with Crippen molar-refractivity contribution in [1.29, 1.82) is 0 Å². The molecule has 0 radical (unpaired) electrons. The first-order valence-electron chi connectivity index (χ1n) is 4.13. The molecule has 1 amide bonds. The predicted octanol–water partition coefficient (Wildman–Crippen LogP) is 3.39.